The summed E-state index contributed by atoms with van der Waals surface area (Å²) in [5, 5.41) is 19.6. The summed E-state index contributed by atoms with van der Waals surface area (Å²) < 4.78 is 10.7. The molecule has 8 nitrogen and oxygen atoms in total. The van der Waals surface area contributed by atoms with Crippen LogP contribution in [0.5, 0.6) is 11.5 Å². The van der Waals surface area contributed by atoms with Crippen molar-refractivity contribution in [3.63, 3.8) is 0 Å². The van der Waals surface area contributed by atoms with Crippen molar-refractivity contribution in [2.24, 2.45) is 0 Å². The summed E-state index contributed by atoms with van der Waals surface area (Å²) in [6.45, 7) is 0.0359. The zero-order chi connectivity index (χ0) is 24.0. The number of benzene rings is 2. The Bertz CT molecular complexity index is 1100. The van der Waals surface area contributed by atoms with Crippen LogP contribution >= 0.6 is 0 Å². The van der Waals surface area contributed by atoms with Crippen molar-refractivity contribution in [2.75, 3.05) is 20.8 Å². The van der Waals surface area contributed by atoms with E-state index >= 15 is 0 Å². The van der Waals surface area contributed by atoms with E-state index < -0.39 is 29.5 Å². The summed E-state index contributed by atoms with van der Waals surface area (Å²) in [6, 6.07) is 13.1. The first-order chi connectivity index (χ1) is 15.9. The molecule has 0 saturated carbocycles. The lowest BCUT2D eigenvalue weighted by Crippen LogP contribution is -2.32. The van der Waals surface area contributed by atoms with Crippen LogP contribution in [0.3, 0.4) is 0 Å². The van der Waals surface area contributed by atoms with E-state index in [0.717, 1.165) is 5.56 Å². The highest BCUT2D eigenvalue weighted by atomic mass is 16.5. The van der Waals surface area contributed by atoms with E-state index in [1.165, 1.54) is 25.2 Å². The molecule has 1 heterocycles. The monoisotopic (exact) mass is 451 g/mol. The fraction of sp³-hybridized carbons (Fsp3) is 0.240. The Morgan fingerprint density at radius 3 is 2.45 bits per heavy atom. The molecule has 8 heteroatoms. The fourth-order valence-electron chi connectivity index (χ4n) is 3.73. The van der Waals surface area contributed by atoms with E-state index in [0.29, 0.717) is 17.1 Å². The number of rotatable bonds is 10. The third-order valence-electron chi connectivity index (χ3n) is 5.32. The Kier molecular flexibility index (Phi) is 7.50. The van der Waals surface area contributed by atoms with Gasteiger partial charge in [-0.1, -0.05) is 36.4 Å². The molecule has 0 aliphatic carbocycles. The number of hydrogen-bond donors (Lipinski definition) is 2. The summed E-state index contributed by atoms with van der Waals surface area (Å²) in [6.07, 6.45) is 2.90. The predicted molar refractivity (Wildman–Crippen MR) is 121 cm³/mol. The average molecular weight is 451 g/mol. The molecule has 172 valence electrons. The number of nitrogens with zero attached hydrogens (tertiary/aromatic N) is 1. The number of amides is 1. The minimum Gasteiger partial charge on any atom is -0.503 e. The molecule has 0 aromatic heterocycles. The maximum atomic E-state index is 13.2. The second kappa shape index (κ2) is 10.5. The molecule has 33 heavy (non-hydrogen) atoms. The van der Waals surface area contributed by atoms with Crippen LogP contribution in [0.25, 0.3) is 6.08 Å². The maximum Gasteiger partial charge on any atom is 0.303 e. The Balaban J connectivity index is 2.03. The number of aliphatic carboxylic acids is 1. The quantitative estimate of drug-likeness (QED) is 0.531. The molecule has 0 fully saturated rings. The molecule has 1 amide bonds. The number of ketones is 1. The highest BCUT2D eigenvalue weighted by molar-refractivity contribution is 6.14. The molecule has 1 aliphatic heterocycles. The molecule has 0 bridgehead atoms. The number of hydrogen-bond acceptors (Lipinski definition) is 6. The van der Waals surface area contributed by atoms with Gasteiger partial charge in [-0.2, -0.15) is 0 Å². The van der Waals surface area contributed by atoms with Crippen LogP contribution in [0.2, 0.25) is 0 Å². The lowest BCUT2D eigenvalue weighted by atomic mass is 9.94. The second-order valence-electron chi connectivity index (χ2n) is 7.38. The van der Waals surface area contributed by atoms with Crippen LogP contribution in [-0.2, 0) is 14.4 Å². The van der Waals surface area contributed by atoms with Crippen LogP contribution in [0.4, 0.5) is 0 Å². The molecule has 2 aromatic rings. The first-order valence-electron chi connectivity index (χ1n) is 10.3. The van der Waals surface area contributed by atoms with Gasteiger partial charge in [0.15, 0.2) is 11.5 Å². The molecule has 2 N–H and O–H groups in total. The molecule has 3 rings (SSSR count). The van der Waals surface area contributed by atoms with Crippen molar-refractivity contribution in [3.8, 4) is 11.5 Å². The zero-order valence-electron chi connectivity index (χ0n) is 18.4. The molecule has 1 atom stereocenters. The van der Waals surface area contributed by atoms with Crippen LogP contribution < -0.4 is 9.47 Å². The van der Waals surface area contributed by atoms with Crippen LogP contribution in [0, 0.1) is 0 Å². The van der Waals surface area contributed by atoms with E-state index in [2.05, 4.69) is 0 Å². The van der Waals surface area contributed by atoms with Gasteiger partial charge in [-0.25, -0.2) is 0 Å². The molecule has 2 aromatic carbocycles. The van der Waals surface area contributed by atoms with Gasteiger partial charge in [-0.15, -0.1) is 0 Å². The Morgan fingerprint density at radius 1 is 1.09 bits per heavy atom. The Morgan fingerprint density at radius 2 is 1.82 bits per heavy atom. The number of carbonyl (C=O) groups excluding carboxylic acids is 2. The van der Waals surface area contributed by atoms with Gasteiger partial charge in [0.05, 0.1) is 25.8 Å². The van der Waals surface area contributed by atoms with E-state index in [4.69, 9.17) is 14.6 Å². The fourth-order valence-corrected chi connectivity index (χ4v) is 3.73. The van der Waals surface area contributed by atoms with Gasteiger partial charge >= 0.3 is 5.97 Å². The van der Waals surface area contributed by atoms with Crippen LogP contribution in [0.15, 0.2) is 65.9 Å². The van der Waals surface area contributed by atoms with Crippen LogP contribution in [-0.4, -0.2) is 53.5 Å². The van der Waals surface area contributed by atoms with Gasteiger partial charge in [0.2, 0.25) is 0 Å². The van der Waals surface area contributed by atoms with Gasteiger partial charge in [0, 0.05) is 24.6 Å². The van der Waals surface area contributed by atoms with Crippen molar-refractivity contribution in [1.29, 1.82) is 0 Å². The number of carboxylic acids is 1. The molecular weight excluding hydrogens is 426 g/mol. The summed E-state index contributed by atoms with van der Waals surface area (Å²) in [5.74, 6) is -2.05. The van der Waals surface area contributed by atoms with Crippen molar-refractivity contribution in [2.45, 2.75) is 18.9 Å². The Hall–Kier alpha value is -4.07. The zero-order valence-corrected chi connectivity index (χ0v) is 18.4. The smallest absolute Gasteiger partial charge is 0.303 e. The van der Waals surface area contributed by atoms with Gasteiger partial charge < -0.3 is 24.6 Å². The van der Waals surface area contributed by atoms with Crippen LogP contribution in [0.1, 0.15) is 30.0 Å². The number of aliphatic hydroxyl groups excluding tert-OH is 1. The summed E-state index contributed by atoms with van der Waals surface area (Å²) >= 11 is 0. The lowest BCUT2D eigenvalue weighted by molar-refractivity contribution is -0.138. The van der Waals surface area contributed by atoms with E-state index in [9.17, 15) is 19.5 Å². The summed E-state index contributed by atoms with van der Waals surface area (Å²) in [4.78, 5) is 38.3. The van der Waals surface area contributed by atoms with Crippen molar-refractivity contribution in [3.05, 3.63) is 77.1 Å². The van der Waals surface area contributed by atoms with Gasteiger partial charge in [0.25, 0.3) is 5.91 Å². The molecule has 0 spiro atoms. The number of carbonyl (C=O) groups is 3. The second-order valence-corrected chi connectivity index (χ2v) is 7.38. The minimum atomic E-state index is -1.00. The highest BCUT2D eigenvalue weighted by Crippen LogP contribution is 2.42. The standard InChI is InChI=1S/C25H25NO7/c1-32-17-11-12-18(20(15-17)33-2)23-22(19(27)13-10-16-7-4-3-5-8-16)24(30)25(31)26(23)14-6-9-21(28)29/h3-5,7-8,10-13,15,23,30H,6,9,14H2,1-2H3,(H,28,29)/b13-10+. The number of methoxy groups -OCH3 is 2. The van der Waals surface area contributed by atoms with Gasteiger partial charge in [-0.3, -0.25) is 14.4 Å². The SMILES string of the molecule is COc1ccc(C2C(C(=O)/C=C/c3ccccc3)=C(O)C(=O)N2CCCC(=O)O)c(OC)c1. The van der Waals surface area contributed by atoms with Gasteiger partial charge in [0.1, 0.15) is 11.5 Å². The molecule has 1 aliphatic rings. The lowest BCUT2D eigenvalue weighted by Gasteiger charge is -2.27. The molecular formula is C25H25NO7. The number of carboxylic acid groups (broad SMARTS) is 1. The minimum absolute atomic E-state index is 0.0359. The largest absolute Gasteiger partial charge is 0.503 e. The molecule has 1 unspecified atom stereocenters. The Labute approximate surface area is 191 Å². The normalized spacial score (nSPS) is 15.9. The third-order valence-corrected chi connectivity index (χ3v) is 5.32. The van der Waals surface area contributed by atoms with Crippen molar-refractivity contribution >= 4 is 23.7 Å². The summed E-state index contributed by atoms with van der Waals surface area (Å²) in [5.41, 5.74) is 1.17. The highest BCUT2D eigenvalue weighted by Gasteiger charge is 2.43. The number of ether oxygens (including phenoxy) is 2. The topological polar surface area (TPSA) is 113 Å². The first-order valence-corrected chi connectivity index (χ1v) is 10.3. The number of allylic oxidation sites excluding steroid dienone is 1. The average Bonchev–Trinajstić information content (AvgIpc) is 3.07. The number of aliphatic hydroxyl groups is 1. The van der Waals surface area contributed by atoms with E-state index in [1.807, 2.05) is 30.3 Å². The van der Waals surface area contributed by atoms with Crippen molar-refractivity contribution < 1.29 is 34.1 Å². The molecule has 0 radical (unpaired) electrons. The van der Waals surface area contributed by atoms with E-state index in [-0.39, 0.29) is 25.0 Å². The van der Waals surface area contributed by atoms with Gasteiger partial charge in [-0.05, 0) is 30.2 Å². The predicted octanol–water partition coefficient (Wildman–Crippen LogP) is 3.55. The summed E-state index contributed by atoms with van der Waals surface area (Å²) in [7, 11) is 2.95. The third kappa shape index (κ3) is 5.23. The maximum absolute atomic E-state index is 13.2. The molecule has 0 saturated heterocycles. The van der Waals surface area contributed by atoms with Crippen molar-refractivity contribution in [1.82, 2.24) is 4.90 Å². The first kappa shape index (κ1) is 23.6. The van der Waals surface area contributed by atoms with E-state index in [1.54, 1.807) is 24.3 Å².